The van der Waals surface area contributed by atoms with Gasteiger partial charge >= 0.3 is 0 Å². The summed E-state index contributed by atoms with van der Waals surface area (Å²) in [5, 5.41) is 10.0. The summed E-state index contributed by atoms with van der Waals surface area (Å²) in [7, 11) is 0. The maximum Gasteiger partial charge on any atom is 0.0635 e. The molecule has 72 heavy (non-hydrogen) atoms. The van der Waals surface area contributed by atoms with Crippen LogP contribution in [0.5, 0.6) is 0 Å². The predicted octanol–water partition coefficient (Wildman–Crippen LogP) is 17.8. The first-order valence-electron chi connectivity index (χ1n) is 25.1. The molecule has 1 unspecified atom stereocenters. The van der Waals surface area contributed by atoms with Gasteiger partial charge in [-0.1, -0.05) is 212 Å². The summed E-state index contributed by atoms with van der Waals surface area (Å²) in [5.41, 5.74) is 24.6. The van der Waals surface area contributed by atoms with Gasteiger partial charge < -0.3 is 15.2 Å². The molecule has 0 bridgehead atoms. The van der Waals surface area contributed by atoms with Gasteiger partial charge in [0.25, 0.3) is 0 Å². The molecule has 3 heteroatoms. The van der Waals surface area contributed by atoms with Crippen molar-refractivity contribution in [1.82, 2.24) is 4.57 Å². The lowest BCUT2D eigenvalue weighted by atomic mass is 9.76. The standard InChI is InChI=1S/C69H49N3/c70-62-30-16-17-31-64(62)71-44-61(50-34-32-47(33-35-50)53-41-51(45-18-4-1-5-19-45)40-52(42-53)46-20-6-2-7-21-46)69(71)59-37-39-63(57-28-14-12-26-55(57)59)72-65-38-36-49-24-10-11-25-54(49)67(65)68-58-29-15-13-27-56(58)60(43-66(68)72)48-22-8-3-9-23-48/h1-43,61,69H,44,70H2/t61-,69?/m1/s1. The third-order valence-corrected chi connectivity index (χ3v) is 15.4. The first-order valence-corrected chi connectivity index (χ1v) is 25.1. The van der Waals surface area contributed by atoms with Crippen LogP contribution in [0.15, 0.2) is 261 Å². The second kappa shape index (κ2) is 17.0. The Morgan fingerprint density at radius 3 is 1.54 bits per heavy atom. The number of hydrogen-bond acceptors (Lipinski definition) is 2. The van der Waals surface area contributed by atoms with Gasteiger partial charge in [0.15, 0.2) is 0 Å². The number of fused-ring (bicyclic) bond motifs is 8. The van der Waals surface area contributed by atoms with Crippen molar-refractivity contribution in [3.05, 3.63) is 272 Å². The van der Waals surface area contributed by atoms with E-state index in [4.69, 9.17) is 5.73 Å². The van der Waals surface area contributed by atoms with Gasteiger partial charge in [0.2, 0.25) is 0 Å². The molecule has 2 atom stereocenters. The molecule has 340 valence electrons. The highest BCUT2D eigenvalue weighted by Crippen LogP contribution is 2.52. The fourth-order valence-corrected chi connectivity index (χ4v) is 12.0. The Morgan fingerprint density at radius 1 is 0.347 bits per heavy atom. The fourth-order valence-electron chi connectivity index (χ4n) is 12.0. The Balaban J connectivity index is 0.935. The van der Waals surface area contributed by atoms with Crippen molar-refractivity contribution in [2.24, 2.45) is 0 Å². The highest BCUT2D eigenvalue weighted by atomic mass is 15.2. The van der Waals surface area contributed by atoms with Crippen LogP contribution in [0.4, 0.5) is 11.4 Å². The molecule has 13 aromatic rings. The summed E-state index contributed by atoms with van der Waals surface area (Å²) in [6, 6.07) is 95.8. The van der Waals surface area contributed by atoms with E-state index in [1.807, 2.05) is 12.1 Å². The molecule has 12 aromatic carbocycles. The lowest BCUT2D eigenvalue weighted by Crippen LogP contribution is -2.48. The lowest BCUT2D eigenvalue weighted by Gasteiger charge is -2.51. The van der Waals surface area contributed by atoms with E-state index >= 15 is 0 Å². The van der Waals surface area contributed by atoms with Crippen molar-refractivity contribution in [3.63, 3.8) is 0 Å². The number of benzene rings is 12. The Labute approximate surface area is 419 Å². The molecule has 1 aromatic heterocycles. The van der Waals surface area contributed by atoms with Crippen LogP contribution in [0, 0.1) is 0 Å². The van der Waals surface area contributed by atoms with Crippen LogP contribution >= 0.6 is 0 Å². The largest absolute Gasteiger partial charge is 0.397 e. The van der Waals surface area contributed by atoms with Crippen molar-refractivity contribution in [2.45, 2.75) is 12.0 Å². The Morgan fingerprint density at radius 2 is 0.875 bits per heavy atom. The number of para-hydroxylation sites is 2. The second-order valence-corrected chi connectivity index (χ2v) is 19.4. The monoisotopic (exact) mass is 919 g/mol. The molecule has 0 aliphatic carbocycles. The van der Waals surface area contributed by atoms with Gasteiger partial charge in [0.05, 0.1) is 34.1 Å². The molecule has 14 rings (SSSR count). The third-order valence-electron chi connectivity index (χ3n) is 15.4. The molecule has 1 saturated heterocycles. The minimum absolute atomic E-state index is 0.0429. The summed E-state index contributed by atoms with van der Waals surface area (Å²) in [6.45, 7) is 0.852. The number of hydrogen-bond donors (Lipinski definition) is 1. The normalized spacial score (nSPS) is 14.6. The van der Waals surface area contributed by atoms with Crippen molar-refractivity contribution in [2.75, 3.05) is 17.2 Å². The lowest BCUT2D eigenvalue weighted by molar-refractivity contribution is 0.394. The Bertz CT molecular complexity index is 4140. The molecule has 3 nitrogen and oxygen atoms in total. The van der Waals surface area contributed by atoms with E-state index in [2.05, 4.69) is 258 Å². The molecule has 1 aliphatic rings. The van der Waals surface area contributed by atoms with E-state index in [1.165, 1.54) is 110 Å². The highest BCUT2D eigenvalue weighted by Gasteiger charge is 2.42. The zero-order valence-electron chi connectivity index (χ0n) is 39.7. The summed E-state index contributed by atoms with van der Waals surface area (Å²) in [5.74, 6) is 0.225. The minimum atomic E-state index is 0.0429. The van der Waals surface area contributed by atoms with E-state index in [9.17, 15) is 0 Å². The second-order valence-electron chi connectivity index (χ2n) is 19.4. The average molecular weight is 920 g/mol. The number of nitrogens with zero attached hydrogens (tertiary/aromatic N) is 2. The zero-order chi connectivity index (χ0) is 47.7. The van der Waals surface area contributed by atoms with Gasteiger partial charge in [-0.05, 0) is 131 Å². The Kier molecular flexibility index (Phi) is 9.89. The zero-order valence-corrected chi connectivity index (χ0v) is 39.7. The summed E-state index contributed by atoms with van der Waals surface area (Å²) < 4.78 is 2.54. The van der Waals surface area contributed by atoms with E-state index < -0.39 is 0 Å². The number of nitrogen functional groups attached to an aromatic ring is 1. The fraction of sp³-hybridized carbons (Fsp3) is 0.0435. The SMILES string of the molecule is Nc1ccccc1N1C[C@H](c2ccc(-c3cc(-c4ccccc4)cc(-c4ccccc4)c3)cc2)C1c1ccc(-n2c3ccc4ccccc4c3c3c4ccccc4c(-c4ccccc4)cc32)c2ccccc12. The van der Waals surface area contributed by atoms with Crippen LogP contribution in [0.2, 0.25) is 0 Å². The average Bonchev–Trinajstić information content (AvgIpc) is 3.79. The predicted molar refractivity (Wildman–Crippen MR) is 305 cm³/mol. The van der Waals surface area contributed by atoms with Gasteiger partial charge in [-0.15, -0.1) is 0 Å². The van der Waals surface area contributed by atoms with E-state index in [-0.39, 0.29) is 12.0 Å². The maximum absolute atomic E-state index is 6.84. The summed E-state index contributed by atoms with van der Waals surface area (Å²) >= 11 is 0. The third kappa shape index (κ3) is 6.81. The van der Waals surface area contributed by atoms with Gasteiger partial charge in [0, 0.05) is 28.6 Å². The van der Waals surface area contributed by atoms with Crippen LogP contribution in [-0.2, 0) is 0 Å². The number of anilines is 2. The van der Waals surface area contributed by atoms with Crippen LogP contribution < -0.4 is 10.6 Å². The molecule has 1 fully saturated rings. The highest BCUT2D eigenvalue weighted by molar-refractivity contribution is 6.30. The maximum atomic E-state index is 6.84. The van der Waals surface area contributed by atoms with Gasteiger partial charge in [-0.3, -0.25) is 0 Å². The van der Waals surface area contributed by atoms with Crippen molar-refractivity contribution < 1.29 is 0 Å². The molecule has 2 heterocycles. The van der Waals surface area contributed by atoms with Crippen LogP contribution in [0.25, 0.3) is 104 Å². The number of aromatic nitrogens is 1. The van der Waals surface area contributed by atoms with E-state index in [1.54, 1.807) is 0 Å². The van der Waals surface area contributed by atoms with Crippen molar-refractivity contribution in [3.8, 4) is 50.2 Å². The summed E-state index contributed by atoms with van der Waals surface area (Å²) in [4.78, 5) is 2.52. The van der Waals surface area contributed by atoms with Gasteiger partial charge in [-0.25, -0.2) is 0 Å². The van der Waals surface area contributed by atoms with Gasteiger partial charge in [-0.2, -0.15) is 0 Å². The van der Waals surface area contributed by atoms with E-state index in [0.717, 1.165) is 23.6 Å². The van der Waals surface area contributed by atoms with Crippen LogP contribution in [0.1, 0.15) is 23.1 Å². The van der Waals surface area contributed by atoms with Crippen LogP contribution in [0.3, 0.4) is 0 Å². The molecule has 1 aliphatic heterocycles. The molecular formula is C69H49N3. The van der Waals surface area contributed by atoms with Crippen molar-refractivity contribution >= 4 is 65.5 Å². The molecule has 2 N–H and O–H groups in total. The van der Waals surface area contributed by atoms with Crippen molar-refractivity contribution in [1.29, 1.82) is 0 Å². The minimum Gasteiger partial charge on any atom is -0.397 e. The van der Waals surface area contributed by atoms with Crippen LogP contribution in [-0.4, -0.2) is 11.1 Å². The number of rotatable bonds is 8. The molecular weight excluding hydrogens is 871 g/mol. The summed E-state index contributed by atoms with van der Waals surface area (Å²) in [6.07, 6.45) is 0. The topological polar surface area (TPSA) is 34.2 Å². The molecule has 0 saturated carbocycles. The first kappa shape index (κ1) is 41.8. The van der Waals surface area contributed by atoms with E-state index in [0.29, 0.717) is 0 Å². The molecule has 0 radical (unpaired) electrons. The smallest absolute Gasteiger partial charge is 0.0635 e. The molecule has 0 amide bonds. The van der Waals surface area contributed by atoms with Gasteiger partial charge in [0.1, 0.15) is 0 Å². The number of nitrogens with two attached hydrogens (primary N) is 1. The molecule has 0 spiro atoms. The quantitative estimate of drug-likeness (QED) is 0.154. The Hall–Kier alpha value is -9.18. The first-order chi connectivity index (χ1) is 35.6.